The Labute approximate surface area is 302 Å². The highest BCUT2D eigenvalue weighted by molar-refractivity contribution is 6.06. The second kappa shape index (κ2) is 12.5. The van der Waals surface area contributed by atoms with Gasteiger partial charge in [-0.25, -0.2) is 0 Å². The number of hydrogen-bond acceptors (Lipinski definition) is 2. The average Bonchev–Trinajstić information content (AvgIpc) is 3.59. The molecule has 1 heterocycles. The molecule has 244 valence electrons. The molecule has 0 N–H and O–H groups in total. The van der Waals surface area contributed by atoms with Gasteiger partial charge in [-0.1, -0.05) is 133 Å². The predicted molar refractivity (Wildman–Crippen MR) is 220 cm³/mol. The summed E-state index contributed by atoms with van der Waals surface area (Å²) in [6, 6.07) is 71.8. The Kier molecular flexibility index (Phi) is 7.18. The molecule has 0 bridgehead atoms. The molecule has 9 aromatic carbocycles. The summed E-state index contributed by atoms with van der Waals surface area (Å²) in [7, 11) is 0. The highest BCUT2D eigenvalue weighted by Gasteiger charge is 2.17. The molecular weight excluding hydrogens is 631 g/mol. The van der Waals surface area contributed by atoms with E-state index in [1.165, 1.54) is 54.9 Å². The third-order valence-electron chi connectivity index (χ3n) is 10.2. The minimum absolute atomic E-state index is 0.888. The Hall–Kier alpha value is -6.90. The van der Waals surface area contributed by atoms with Gasteiger partial charge in [-0.05, 0) is 122 Å². The van der Waals surface area contributed by atoms with Crippen LogP contribution < -0.4 is 4.90 Å². The molecule has 2 nitrogen and oxygen atoms in total. The number of para-hydroxylation sites is 1. The zero-order valence-corrected chi connectivity index (χ0v) is 28.4. The van der Waals surface area contributed by atoms with Crippen molar-refractivity contribution in [1.29, 1.82) is 0 Å². The Morgan fingerprint density at radius 1 is 0.269 bits per heavy atom. The molecule has 10 rings (SSSR count). The van der Waals surface area contributed by atoms with Gasteiger partial charge in [0.2, 0.25) is 0 Å². The highest BCUT2D eigenvalue weighted by Crippen LogP contribution is 2.40. The van der Waals surface area contributed by atoms with Crippen molar-refractivity contribution >= 4 is 60.5 Å². The van der Waals surface area contributed by atoms with Gasteiger partial charge >= 0.3 is 0 Å². The molecule has 0 aliphatic heterocycles. The van der Waals surface area contributed by atoms with Crippen LogP contribution in [0.3, 0.4) is 0 Å². The third kappa shape index (κ3) is 5.39. The van der Waals surface area contributed by atoms with E-state index >= 15 is 0 Å². The van der Waals surface area contributed by atoms with E-state index in [0.29, 0.717) is 0 Å². The number of furan rings is 1. The molecule has 0 radical (unpaired) electrons. The van der Waals surface area contributed by atoms with Gasteiger partial charge in [0.15, 0.2) is 0 Å². The number of anilines is 3. The summed E-state index contributed by atoms with van der Waals surface area (Å²) in [5.41, 5.74) is 12.2. The lowest BCUT2D eigenvalue weighted by Gasteiger charge is -2.26. The predicted octanol–water partition coefficient (Wildman–Crippen LogP) is 14.4. The van der Waals surface area contributed by atoms with Gasteiger partial charge in [0, 0.05) is 27.8 Å². The number of nitrogens with zero attached hydrogens (tertiary/aromatic N) is 1. The molecule has 1 aromatic heterocycles. The van der Waals surface area contributed by atoms with Crippen LogP contribution in [0.1, 0.15) is 0 Å². The van der Waals surface area contributed by atoms with Gasteiger partial charge in [-0.2, -0.15) is 0 Å². The van der Waals surface area contributed by atoms with E-state index in [0.717, 1.165) is 39.0 Å². The van der Waals surface area contributed by atoms with Gasteiger partial charge in [-0.15, -0.1) is 0 Å². The van der Waals surface area contributed by atoms with Crippen LogP contribution in [0.25, 0.3) is 76.9 Å². The maximum absolute atomic E-state index is 6.20. The fraction of sp³-hybridized carbons (Fsp3) is 0. The molecule has 0 saturated heterocycles. The highest BCUT2D eigenvalue weighted by atomic mass is 16.3. The van der Waals surface area contributed by atoms with Gasteiger partial charge in [0.05, 0.1) is 0 Å². The summed E-state index contributed by atoms with van der Waals surface area (Å²) in [6.45, 7) is 0. The quantitative estimate of drug-likeness (QED) is 0.176. The van der Waals surface area contributed by atoms with Gasteiger partial charge < -0.3 is 9.32 Å². The minimum atomic E-state index is 0.888. The van der Waals surface area contributed by atoms with E-state index in [1.54, 1.807) is 0 Å². The minimum Gasteiger partial charge on any atom is -0.456 e. The first kappa shape index (κ1) is 30.0. The topological polar surface area (TPSA) is 16.4 Å². The van der Waals surface area contributed by atoms with E-state index in [-0.39, 0.29) is 0 Å². The first-order valence-corrected chi connectivity index (χ1v) is 17.7. The van der Waals surface area contributed by atoms with Crippen LogP contribution in [0.15, 0.2) is 205 Å². The first-order chi connectivity index (χ1) is 25.7. The molecule has 0 fully saturated rings. The lowest BCUT2D eigenvalue weighted by molar-refractivity contribution is 0.669. The van der Waals surface area contributed by atoms with E-state index in [4.69, 9.17) is 4.42 Å². The molecule has 0 unspecified atom stereocenters. The van der Waals surface area contributed by atoms with E-state index in [2.05, 4.69) is 193 Å². The van der Waals surface area contributed by atoms with E-state index in [9.17, 15) is 0 Å². The van der Waals surface area contributed by atoms with Crippen LogP contribution in [-0.4, -0.2) is 0 Å². The normalized spacial score (nSPS) is 11.5. The Balaban J connectivity index is 1.02. The molecule has 0 saturated carbocycles. The van der Waals surface area contributed by atoms with Crippen molar-refractivity contribution in [3.8, 4) is 33.4 Å². The Morgan fingerprint density at radius 3 is 1.54 bits per heavy atom. The molecule has 0 amide bonds. The van der Waals surface area contributed by atoms with Crippen molar-refractivity contribution in [3.05, 3.63) is 200 Å². The maximum atomic E-state index is 6.20. The summed E-state index contributed by atoms with van der Waals surface area (Å²) in [5.74, 6) is 0. The van der Waals surface area contributed by atoms with Crippen LogP contribution in [-0.2, 0) is 0 Å². The van der Waals surface area contributed by atoms with Gasteiger partial charge in [0.25, 0.3) is 0 Å². The van der Waals surface area contributed by atoms with Gasteiger partial charge in [0.1, 0.15) is 11.2 Å². The number of benzene rings is 9. The second-order valence-electron chi connectivity index (χ2n) is 13.4. The van der Waals surface area contributed by atoms with Crippen molar-refractivity contribution in [3.63, 3.8) is 0 Å². The number of fused-ring (bicyclic) bond motifs is 5. The largest absolute Gasteiger partial charge is 0.456 e. The fourth-order valence-electron chi connectivity index (χ4n) is 7.53. The summed E-state index contributed by atoms with van der Waals surface area (Å²) >= 11 is 0. The zero-order chi connectivity index (χ0) is 34.4. The van der Waals surface area contributed by atoms with Crippen molar-refractivity contribution in [2.45, 2.75) is 0 Å². The van der Waals surface area contributed by atoms with E-state index < -0.39 is 0 Å². The standard InChI is InChI=1S/C50H33NO/c1-2-9-34(10-3-1)38-13-8-14-45(32-38)51(46-27-28-50-48(33-46)47-15-6-7-16-49(47)52-50)44-25-23-36(24-26-44)39-19-20-42-31-43(22-21-41(42)30-39)40-18-17-35-11-4-5-12-37(35)29-40/h1-33H. The van der Waals surface area contributed by atoms with Crippen LogP contribution in [0, 0.1) is 0 Å². The molecule has 10 aromatic rings. The average molecular weight is 664 g/mol. The lowest BCUT2D eigenvalue weighted by Crippen LogP contribution is -2.10. The molecule has 2 heteroatoms. The number of hydrogen-bond donors (Lipinski definition) is 0. The van der Waals surface area contributed by atoms with Crippen molar-refractivity contribution < 1.29 is 4.42 Å². The fourth-order valence-corrected chi connectivity index (χ4v) is 7.53. The van der Waals surface area contributed by atoms with Crippen molar-refractivity contribution in [1.82, 2.24) is 0 Å². The SMILES string of the molecule is c1ccc(-c2cccc(N(c3ccc(-c4ccc5cc(-c6ccc7ccccc7c6)ccc5c4)cc3)c3ccc4oc5ccccc5c4c3)c2)cc1. The molecule has 0 spiro atoms. The van der Waals surface area contributed by atoms with Crippen molar-refractivity contribution in [2.75, 3.05) is 4.90 Å². The summed E-state index contributed by atoms with van der Waals surface area (Å²) < 4.78 is 6.20. The number of rotatable bonds is 6. The molecular formula is C50H33NO. The van der Waals surface area contributed by atoms with Crippen LogP contribution >= 0.6 is 0 Å². The second-order valence-corrected chi connectivity index (χ2v) is 13.4. The summed E-state index contributed by atoms with van der Waals surface area (Å²) in [5, 5.41) is 7.21. The molecule has 0 aliphatic rings. The third-order valence-corrected chi connectivity index (χ3v) is 10.2. The molecule has 0 aliphatic carbocycles. The van der Waals surface area contributed by atoms with Gasteiger partial charge in [-0.3, -0.25) is 0 Å². The summed E-state index contributed by atoms with van der Waals surface area (Å²) in [4.78, 5) is 2.34. The lowest BCUT2D eigenvalue weighted by atomic mass is 9.96. The van der Waals surface area contributed by atoms with Crippen LogP contribution in [0.2, 0.25) is 0 Å². The smallest absolute Gasteiger partial charge is 0.135 e. The van der Waals surface area contributed by atoms with Crippen molar-refractivity contribution in [2.24, 2.45) is 0 Å². The zero-order valence-electron chi connectivity index (χ0n) is 28.4. The maximum Gasteiger partial charge on any atom is 0.135 e. The van der Waals surface area contributed by atoms with Crippen LogP contribution in [0.5, 0.6) is 0 Å². The van der Waals surface area contributed by atoms with E-state index in [1.807, 2.05) is 12.1 Å². The Bertz CT molecular complexity index is 2900. The molecule has 52 heavy (non-hydrogen) atoms. The molecule has 0 atom stereocenters. The summed E-state index contributed by atoms with van der Waals surface area (Å²) in [6.07, 6.45) is 0. The van der Waals surface area contributed by atoms with Crippen LogP contribution in [0.4, 0.5) is 17.1 Å². The first-order valence-electron chi connectivity index (χ1n) is 17.7. The Morgan fingerprint density at radius 2 is 0.769 bits per heavy atom. The monoisotopic (exact) mass is 663 g/mol.